The van der Waals surface area contributed by atoms with Gasteiger partial charge >= 0.3 is 0 Å². The number of aromatic nitrogens is 1. The van der Waals surface area contributed by atoms with Gasteiger partial charge in [-0.2, -0.15) is 0 Å². The van der Waals surface area contributed by atoms with Crippen molar-refractivity contribution in [2.24, 2.45) is 0 Å². The highest BCUT2D eigenvalue weighted by atomic mass is 14.9. The predicted molar refractivity (Wildman–Crippen MR) is 69.8 cm³/mol. The first-order valence-corrected chi connectivity index (χ1v) is 6.18. The van der Waals surface area contributed by atoms with Gasteiger partial charge < -0.3 is 10.6 Å². The van der Waals surface area contributed by atoms with Crippen LogP contribution in [0.4, 0.5) is 5.69 Å². The summed E-state index contributed by atoms with van der Waals surface area (Å²) in [4.78, 5) is 4.35. The maximum atomic E-state index is 4.35. The van der Waals surface area contributed by atoms with E-state index in [2.05, 4.69) is 35.5 Å². The molecule has 1 aromatic rings. The van der Waals surface area contributed by atoms with Gasteiger partial charge in [-0.05, 0) is 32.4 Å². The van der Waals surface area contributed by atoms with Crippen LogP contribution in [0, 0.1) is 6.92 Å². The van der Waals surface area contributed by atoms with E-state index in [0.717, 1.165) is 38.2 Å². The summed E-state index contributed by atoms with van der Waals surface area (Å²) in [5.41, 5.74) is 3.54. The molecule has 0 spiro atoms. The van der Waals surface area contributed by atoms with Crippen molar-refractivity contribution in [3.05, 3.63) is 23.5 Å². The SMILES string of the molecule is CCCNCc1cnc(C)cc1NCCC. The number of rotatable bonds is 7. The molecule has 0 radical (unpaired) electrons. The maximum absolute atomic E-state index is 4.35. The molecule has 1 rings (SSSR count). The van der Waals surface area contributed by atoms with Gasteiger partial charge in [0.25, 0.3) is 0 Å². The molecule has 16 heavy (non-hydrogen) atoms. The van der Waals surface area contributed by atoms with Crippen molar-refractivity contribution < 1.29 is 0 Å². The van der Waals surface area contributed by atoms with E-state index in [1.807, 2.05) is 13.1 Å². The Morgan fingerprint density at radius 1 is 1.19 bits per heavy atom. The van der Waals surface area contributed by atoms with Crippen LogP contribution in [0.3, 0.4) is 0 Å². The summed E-state index contributed by atoms with van der Waals surface area (Å²) in [5, 5.41) is 6.86. The van der Waals surface area contributed by atoms with Crippen molar-refractivity contribution in [3.63, 3.8) is 0 Å². The van der Waals surface area contributed by atoms with Gasteiger partial charge in [-0.1, -0.05) is 13.8 Å². The topological polar surface area (TPSA) is 37.0 Å². The summed E-state index contributed by atoms with van der Waals surface area (Å²) in [7, 11) is 0. The highest BCUT2D eigenvalue weighted by Gasteiger charge is 2.02. The first kappa shape index (κ1) is 13.0. The highest BCUT2D eigenvalue weighted by molar-refractivity contribution is 5.50. The molecule has 0 unspecified atom stereocenters. The normalized spacial score (nSPS) is 10.4. The highest BCUT2D eigenvalue weighted by Crippen LogP contribution is 2.15. The molecule has 0 bridgehead atoms. The van der Waals surface area contributed by atoms with E-state index in [1.54, 1.807) is 0 Å². The number of aryl methyl sites for hydroxylation is 1. The molecule has 1 heterocycles. The maximum Gasteiger partial charge on any atom is 0.0419 e. The lowest BCUT2D eigenvalue weighted by Gasteiger charge is -2.12. The average molecular weight is 221 g/mol. The molecule has 90 valence electrons. The van der Waals surface area contributed by atoms with Crippen LogP contribution < -0.4 is 10.6 Å². The quantitative estimate of drug-likeness (QED) is 0.695. The Labute approximate surface area is 98.7 Å². The van der Waals surface area contributed by atoms with Gasteiger partial charge in [0, 0.05) is 36.2 Å². The Balaban J connectivity index is 2.64. The van der Waals surface area contributed by atoms with Crippen molar-refractivity contribution in [1.29, 1.82) is 0 Å². The van der Waals surface area contributed by atoms with Crippen LogP contribution in [0.2, 0.25) is 0 Å². The summed E-state index contributed by atoms with van der Waals surface area (Å²) in [6.07, 6.45) is 4.27. The fourth-order valence-corrected chi connectivity index (χ4v) is 1.55. The van der Waals surface area contributed by atoms with Crippen molar-refractivity contribution in [2.75, 3.05) is 18.4 Å². The smallest absolute Gasteiger partial charge is 0.0419 e. The first-order chi connectivity index (χ1) is 7.77. The number of anilines is 1. The Morgan fingerprint density at radius 3 is 2.62 bits per heavy atom. The fourth-order valence-electron chi connectivity index (χ4n) is 1.55. The van der Waals surface area contributed by atoms with Crippen LogP contribution in [0.1, 0.15) is 37.9 Å². The van der Waals surface area contributed by atoms with E-state index in [1.165, 1.54) is 11.3 Å². The molecule has 1 aromatic heterocycles. The zero-order valence-corrected chi connectivity index (χ0v) is 10.6. The molecule has 0 saturated carbocycles. The van der Waals surface area contributed by atoms with Crippen molar-refractivity contribution in [2.45, 2.75) is 40.2 Å². The zero-order valence-electron chi connectivity index (χ0n) is 10.6. The van der Waals surface area contributed by atoms with Gasteiger partial charge in [0.15, 0.2) is 0 Å². The van der Waals surface area contributed by atoms with Crippen LogP contribution in [0.25, 0.3) is 0 Å². The predicted octanol–water partition coefficient (Wildman–Crippen LogP) is 2.71. The number of pyridine rings is 1. The third-order valence-electron chi connectivity index (χ3n) is 2.43. The van der Waals surface area contributed by atoms with E-state index in [0.29, 0.717) is 0 Å². The minimum absolute atomic E-state index is 0.896. The molecule has 0 aliphatic heterocycles. The number of hydrogen-bond donors (Lipinski definition) is 2. The van der Waals surface area contributed by atoms with Gasteiger partial charge in [0.05, 0.1) is 0 Å². The second kappa shape index (κ2) is 7.23. The minimum Gasteiger partial charge on any atom is -0.385 e. The molecule has 0 saturated heterocycles. The first-order valence-electron chi connectivity index (χ1n) is 6.18. The number of nitrogens with one attached hydrogen (secondary N) is 2. The largest absolute Gasteiger partial charge is 0.385 e. The molecular formula is C13H23N3. The minimum atomic E-state index is 0.896. The van der Waals surface area contributed by atoms with E-state index in [4.69, 9.17) is 0 Å². The summed E-state index contributed by atoms with van der Waals surface area (Å²) >= 11 is 0. The van der Waals surface area contributed by atoms with Crippen LogP contribution in [-0.2, 0) is 6.54 Å². The lowest BCUT2D eigenvalue weighted by atomic mass is 10.2. The second-order valence-electron chi connectivity index (χ2n) is 4.09. The van der Waals surface area contributed by atoms with Crippen molar-refractivity contribution in [1.82, 2.24) is 10.3 Å². The monoisotopic (exact) mass is 221 g/mol. The summed E-state index contributed by atoms with van der Waals surface area (Å²) in [5.74, 6) is 0. The van der Waals surface area contributed by atoms with Crippen LogP contribution in [-0.4, -0.2) is 18.1 Å². The molecule has 0 aliphatic carbocycles. The summed E-state index contributed by atoms with van der Waals surface area (Å²) in [6, 6.07) is 2.12. The Bertz CT molecular complexity index is 310. The van der Waals surface area contributed by atoms with E-state index in [9.17, 15) is 0 Å². The fraction of sp³-hybridized carbons (Fsp3) is 0.615. The molecule has 3 nitrogen and oxygen atoms in total. The number of hydrogen-bond acceptors (Lipinski definition) is 3. The van der Waals surface area contributed by atoms with Crippen molar-refractivity contribution >= 4 is 5.69 Å². The van der Waals surface area contributed by atoms with Crippen molar-refractivity contribution in [3.8, 4) is 0 Å². The van der Waals surface area contributed by atoms with Gasteiger partial charge in [-0.3, -0.25) is 4.98 Å². The molecule has 3 heteroatoms. The molecule has 2 N–H and O–H groups in total. The zero-order chi connectivity index (χ0) is 11.8. The standard InChI is InChI=1S/C13H23N3/c1-4-6-14-9-12-10-16-11(3)8-13(12)15-7-5-2/h8,10,14H,4-7,9H2,1-3H3,(H,15,16). The van der Waals surface area contributed by atoms with Gasteiger partial charge in [0.2, 0.25) is 0 Å². The molecule has 0 amide bonds. The number of nitrogens with zero attached hydrogens (tertiary/aromatic N) is 1. The molecule has 0 aromatic carbocycles. The molecular weight excluding hydrogens is 198 g/mol. The summed E-state index contributed by atoms with van der Waals surface area (Å²) < 4.78 is 0. The Kier molecular flexibility index (Phi) is 5.86. The van der Waals surface area contributed by atoms with E-state index in [-0.39, 0.29) is 0 Å². The summed E-state index contributed by atoms with van der Waals surface area (Å²) in [6.45, 7) is 9.35. The molecule has 0 fully saturated rings. The Morgan fingerprint density at radius 2 is 1.94 bits per heavy atom. The third-order valence-corrected chi connectivity index (χ3v) is 2.43. The average Bonchev–Trinajstić information content (AvgIpc) is 2.29. The van der Waals surface area contributed by atoms with Gasteiger partial charge in [-0.15, -0.1) is 0 Å². The van der Waals surface area contributed by atoms with E-state index < -0.39 is 0 Å². The van der Waals surface area contributed by atoms with Crippen LogP contribution in [0.5, 0.6) is 0 Å². The molecule has 0 aliphatic rings. The third kappa shape index (κ3) is 4.19. The Hall–Kier alpha value is -1.09. The lowest BCUT2D eigenvalue weighted by molar-refractivity contribution is 0.674. The van der Waals surface area contributed by atoms with Gasteiger partial charge in [-0.25, -0.2) is 0 Å². The van der Waals surface area contributed by atoms with E-state index >= 15 is 0 Å². The lowest BCUT2D eigenvalue weighted by Crippen LogP contribution is -2.16. The van der Waals surface area contributed by atoms with Gasteiger partial charge in [0.1, 0.15) is 0 Å². The molecule has 0 atom stereocenters. The van der Waals surface area contributed by atoms with Crippen LogP contribution in [0.15, 0.2) is 12.3 Å². The van der Waals surface area contributed by atoms with Crippen LogP contribution >= 0.6 is 0 Å². The second-order valence-corrected chi connectivity index (χ2v) is 4.09.